The van der Waals surface area contributed by atoms with Crippen LogP contribution >= 0.6 is 27.5 Å². The lowest BCUT2D eigenvalue weighted by Gasteiger charge is -2.02. The minimum atomic E-state index is -0.0453. The van der Waals surface area contributed by atoms with Crippen molar-refractivity contribution in [1.29, 1.82) is 0 Å². The second-order valence-corrected chi connectivity index (χ2v) is 3.62. The maximum absolute atomic E-state index is 10.9. The van der Waals surface area contributed by atoms with Crippen LogP contribution < -0.4 is 5.73 Å². The predicted molar refractivity (Wildman–Crippen MR) is 53.6 cm³/mol. The summed E-state index contributed by atoms with van der Waals surface area (Å²) in [6, 6.07) is 3.18. The zero-order valence-electron chi connectivity index (χ0n) is 6.40. The summed E-state index contributed by atoms with van der Waals surface area (Å²) in [5, 5.41) is 0.459. The summed E-state index contributed by atoms with van der Waals surface area (Å²) in [4.78, 5) is 10.9. The van der Waals surface area contributed by atoms with E-state index in [1.54, 1.807) is 12.1 Å². The smallest absolute Gasteiger partial charge is 0.159 e. The largest absolute Gasteiger partial charge is 0.398 e. The van der Waals surface area contributed by atoms with E-state index in [4.69, 9.17) is 17.3 Å². The summed E-state index contributed by atoms with van der Waals surface area (Å²) < 4.78 is 0.633. The molecule has 2 nitrogen and oxygen atoms in total. The van der Waals surface area contributed by atoms with Crippen molar-refractivity contribution in [3.8, 4) is 0 Å². The lowest BCUT2D eigenvalue weighted by Crippen LogP contribution is -1.95. The van der Waals surface area contributed by atoms with Crippen molar-refractivity contribution in [2.45, 2.75) is 6.92 Å². The van der Waals surface area contributed by atoms with E-state index in [9.17, 15) is 4.79 Å². The molecule has 2 N–H and O–H groups in total. The van der Waals surface area contributed by atoms with Crippen LogP contribution in [0.4, 0.5) is 5.69 Å². The first kappa shape index (κ1) is 9.55. The fourth-order valence-corrected chi connectivity index (χ4v) is 1.27. The zero-order chi connectivity index (χ0) is 9.30. The second kappa shape index (κ2) is 3.46. The molecule has 1 aromatic carbocycles. The van der Waals surface area contributed by atoms with Gasteiger partial charge in [0.05, 0.1) is 9.50 Å². The molecule has 0 spiro atoms. The van der Waals surface area contributed by atoms with Gasteiger partial charge in [-0.15, -0.1) is 0 Å². The number of benzene rings is 1. The van der Waals surface area contributed by atoms with Gasteiger partial charge in [-0.3, -0.25) is 4.79 Å². The Morgan fingerprint density at radius 1 is 1.58 bits per heavy atom. The number of carbonyl (C=O) groups excluding carboxylic acids is 1. The molecule has 0 radical (unpaired) electrons. The fraction of sp³-hybridized carbons (Fsp3) is 0.125. The Bertz CT molecular complexity index is 315. The van der Waals surface area contributed by atoms with Crippen LogP contribution in [0.5, 0.6) is 0 Å². The Morgan fingerprint density at radius 3 is 2.58 bits per heavy atom. The van der Waals surface area contributed by atoms with E-state index in [1.807, 2.05) is 0 Å². The van der Waals surface area contributed by atoms with E-state index < -0.39 is 0 Å². The molecule has 0 bridgehead atoms. The van der Waals surface area contributed by atoms with Gasteiger partial charge < -0.3 is 5.73 Å². The minimum absolute atomic E-state index is 0.0453. The van der Waals surface area contributed by atoms with Gasteiger partial charge in [0.1, 0.15) is 0 Å². The van der Waals surface area contributed by atoms with Gasteiger partial charge >= 0.3 is 0 Å². The molecule has 0 unspecified atom stereocenters. The molecule has 0 aromatic heterocycles. The van der Waals surface area contributed by atoms with E-state index >= 15 is 0 Å². The van der Waals surface area contributed by atoms with Crippen LogP contribution in [0.15, 0.2) is 16.6 Å². The third-order valence-electron chi connectivity index (χ3n) is 1.46. The van der Waals surface area contributed by atoms with Crippen molar-refractivity contribution in [3.05, 3.63) is 27.2 Å². The summed E-state index contributed by atoms with van der Waals surface area (Å²) in [7, 11) is 0. The Labute approximate surface area is 83.8 Å². The highest BCUT2D eigenvalue weighted by Gasteiger charge is 2.06. The highest BCUT2D eigenvalue weighted by Crippen LogP contribution is 2.29. The molecule has 0 aliphatic carbocycles. The number of anilines is 1. The molecule has 1 rings (SSSR count). The molecule has 0 atom stereocenters. The number of carbonyl (C=O) groups is 1. The summed E-state index contributed by atoms with van der Waals surface area (Å²) in [5.41, 5.74) is 6.58. The topological polar surface area (TPSA) is 43.1 Å². The summed E-state index contributed by atoms with van der Waals surface area (Å²) in [6.07, 6.45) is 0. The van der Waals surface area contributed by atoms with Gasteiger partial charge in [-0.25, -0.2) is 0 Å². The summed E-state index contributed by atoms with van der Waals surface area (Å²) in [6.45, 7) is 1.47. The van der Waals surface area contributed by atoms with Gasteiger partial charge in [0.25, 0.3) is 0 Å². The molecular formula is C8H7BrClNO. The van der Waals surface area contributed by atoms with E-state index in [0.717, 1.165) is 0 Å². The summed E-state index contributed by atoms with van der Waals surface area (Å²) in [5.74, 6) is -0.0453. The number of Topliss-reactive ketones (excluding diaryl/α,β-unsaturated/α-hetero) is 1. The highest BCUT2D eigenvalue weighted by atomic mass is 79.9. The molecule has 0 aliphatic heterocycles. The number of hydrogen-bond donors (Lipinski definition) is 1. The van der Waals surface area contributed by atoms with E-state index in [2.05, 4.69) is 15.9 Å². The molecule has 0 amide bonds. The lowest BCUT2D eigenvalue weighted by atomic mass is 10.1. The Morgan fingerprint density at radius 2 is 2.17 bits per heavy atom. The minimum Gasteiger partial charge on any atom is -0.398 e. The van der Waals surface area contributed by atoms with Crippen LogP contribution in [-0.2, 0) is 0 Å². The third kappa shape index (κ3) is 1.79. The van der Waals surface area contributed by atoms with Crippen molar-refractivity contribution in [3.63, 3.8) is 0 Å². The molecule has 0 fully saturated rings. The highest BCUT2D eigenvalue weighted by molar-refractivity contribution is 9.10. The molecule has 0 saturated heterocycles. The average molecular weight is 249 g/mol. The van der Waals surface area contributed by atoms with Crippen molar-refractivity contribution in [2.75, 3.05) is 5.73 Å². The molecule has 0 aliphatic rings. The van der Waals surface area contributed by atoms with Crippen LogP contribution in [0.25, 0.3) is 0 Å². The normalized spacial score (nSPS) is 9.92. The van der Waals surface area contributed by atoms with Gasteiger partial charge in [0.15, 0.2) is 5.78 Å². The van der Waals surface area contributed by atoms with Gasteiger partial charge in [0.2, 0.25) is 0 Å². The standard InChI is InChI=1S/C8H7BrClNO/c1-4(12)5-2-6(10)8(9)7(11)3-5/h2-3H,11H2,1H3. The average Bonchev–Trinajstić information content (AvgIpc) is 1.99. The molecule has 0 saturated carbocycles. The van der Waals surface area contributed by atoms with Gasteiger partial charge in [-0.05, 0) is 35.0 Å². The molecule has 0 heterocycles. The van der Waals surface area contributed by atoms with Gasteiger partial charge in [-0.1, -0.05) is 11.6 Å². The SMILES string of the molecule is CC(=O)c1cc(N)c(Br)c(Cl)c1. The maximum Gasteiger partial charge on any atom is 0.159 e. The van der Waals surface area contributed by atoms with Crippen LogP contribution in [-0.4, -0.2) is 5.78 Å². The first-order valence-electron chi connectivity index (χ1n) is 3.28. The Hall–Kier alpha value is -0.540. The zero-order valence-corrected chi connectivity index (χ0v) is 8.74. The molecule has 12 heavy (non-hydrogen) atoms. The first-order chi connectivity index (χ1) is 5.52. The molecule has 4 heteroatoms. The Balaban J connectivity index is 3.31. The van der Waals surface area contributed by atoms with E-state index in [-0.39, 0.29) is 5.78 Å². The number of nitrogen functional groups attached to an aromatic ring is 1. The number of hydrogen-bond acceptors (Lipinski definition) is 2. The lowest BCUT2D eigenvalue weighted by molar-refractivity contribution is 0.101. The monoisotopic (exact) mass is 247 g/mol. The Kier molecular flexibility index (Phi) is 2.75. The van der Waals surface area contributed by atoms with Gasteiger partial charge in [0, 0.05) is 11.3 Å². The van der Waals surface area contributed by atoms with Crippen molar-refractivity contribution < 1.29 is 4.79 Å². The third-order valence-corrected chi connectivity index (χ3v) is 2.87. The van der Waals surface area contributed by atoms with Gasteiger partial charge in [-0.2, -0.15) is 0 Å². The number of nitrogens with two attached hydrogens (primary N) is 1. The van der Waals surface area contributed by atoms with Crippen LogP contribution in [0.2, 0.25) is 5.02 Å². The number of ketones is 1. The number of halogens is 2. The summed E-state index contributed by atoms with van der Waals surface area (Å²) >= 11 is 8.98. The number of rotatable bonds is 1. The molecule has 1 aromatic rings. The maximum atomic E-state index is 10.9. The molecule has 64 valence electrons. The molecular weight excluding hydrogens is 241 g/mol. The van der Waals surface area contributed by atoms with E-state index in [0.29, 0.717) is 20.7 Å². The van der Waals surface area contributed by atoms with Crippen LogP contribution in [0.1, 0.15) is 17.3 Å². The second-order valence-electron chi connectivity index (χ2n) is 2.42. The quantitative estimate of drug-likeness (QED) is 0.613. The van der Waals surface area contributed by atoms with Crippen LogP contribution in [0, 0.1) is 0 Å². The van der Waals surface area contributed by atoms with Crippen LogP contribution in [0.3, 0.4) is 0 Å². The first-order valence-corrected chi connectivity index (χ1v) is 4.45. The van der Waals surface area contributed by atoms with Crippen molar-refractivity contribution in [1.82, 2.24) is 0 Å². The fourth-order valence-electron chi connectivity index (χ4n) is 0.814. The van der Waals surface area contributed by atoms with Crippen molar-refractivity contribution >= 4 is 39.0 Å². The van der Waals surface area contributed by atoms with Crippen molar-refractivity contribution in [2.24, 2.45) is 0 Å². The van der Waals surface area contributed by atoms with E-state index in [1.165, 1.54) is 6.92 Å². The predicted octanol–water partition coefficient (Wildman–Crippen LogP) is 2.89.